The maximum atomic E-state index is 11.8. The van der Waals surface area contributed by atoms with E-state index in [2.05, 4.69) is 37.4 Å². The van der Waals surface area contributed by atoms with Gasteiger partial charge in [0.1, 0.15) is 5.82 Å². The molecule has 176 valence electrons. The monoisotopic (exact) mass is 477 g/mol. The molecule has 2 aromatic heterocycles. The van der Waals surface area contributed by atoms with Gasteiger partial charge in [-0.25, -0.2) is 18.5 Å². The number of nitrogens with one attached hydrogen (secondary N) is 2. The van der Waals surface area contributed by atoms with E-state index in [1.807, 2.05) is 19.9 Å². The largest absolute Gasteiger partial charge is 0.340 e. The molecule has 10 heteroatoms. The maximum Gasteiger partial charge on any atom is 0.238 e. The Kier molecular flexibility index (Phi) is 5.49. The average molecular weight is 478 g/mol. The number of fused-ring (bicyclic) bond motifs is 1. The predicted octanol–water partition coefficient (Wildman–Crippen LogP) is 4.30. The lowest BCUT2D eigenvalue weighted by Crippen LogP contribution is -2.14. The van der Waals surface area contributed by atoms with Gasteiger partial charge in [0, 0.05) is 35.1 Å². The lowest BCUT2D eigenvalue weighted by Gasteiger charge is -2.12. The summed E-state index contributed by atoms with van der Waals surface area (Å²) in [7, 11) is -3.83. The minimum atomic E-state index is -3.83. The molecule has 4 aromatic rings. The third kappa shape index (κ3) is 4.59. The molecule has 2 heterocycles. The van der Waals surface area contributed by atoms with Gasteiger partial charge in [0.15, 0.2) is 0 Å². The van der Waals surface area contributed by atoms with E-state index in [0.29, 0.717) is 23.0 Å². The van der Waals surface area contributed by atoms with E-state index >= 15 is 0 Å². The molecule has 0 atom stereocenters. The summed E-state index contributed by atoms with van der Waals surface area (Å²) in [5.41, 5.74) is 5.03. The van der Waals surface area contributed by atoms with Crippen molar-refractivity contribution in [3.05, 3.63) is 59.4 Å². The molecular weight excluding hydrogens is 450 g/mol. The standard InChI is InChI=1S/C24H27N7O2S/c1-14-4-7-19(11-22(14)34(25,32)33)28-24-26-12-15(2)23(29-24)27-18-8-9-20-16(3)30-31(21(20)10-18)13-17-5-6-17/h4,7-12,17H,5-6,13H2,1-3H3,(H2,25,32,33)(H2,26,27,28,29). The average Bonchev–Trinajstić information content (AvgIpc) is 3.54. The molecule has 0 saturated heterocycles. The molecule has 1 aliphatic carbocycles. The minimum Gasteiger partial charge on any atom is -0.340 e. The van der Waals surface area contributed by atoms with Gasteiger partial charge in [-0.05, 0) is 75.4 Å². The van der Waals surface area contributed by atoms with Crippen LogP contribution in [0.4, 0.5) is 23.1 Å². The Bertz CT molecular complexity index is 1510. The van der Waals surface area contributed by atoms with Crippen molar-refractivity contribution in [1.82, 2.24) is 19.7 Å². The van der Waals surface area contributed by atoms with Crippen molar-refractivity contribution in [2.24, 2.45) is 11.1 Å². The molecule has 0 bridgehead atoms. The summed E-state index contributed by atoms with van der Waals surface area (Å²) in [6.45, 7) is 6.61. The van der Waals surface area contributed by atoms with Crippen molar-refractivity contribution in [2.75, 3.05) is 10.6 Å². The Morgan fingerprint density at radius 1 is 1.03 bits per heavy atom. The number of hydrogen-bond donors (Lipinski definition) is 3. The highest BCUT2D eigenvalue weighted by molar-refractivity contribution is 7.89. The van der Waals surface area contributed by atoms with E-state index in [4.69, 9.17) is 10.2 Å². The smallest absolute Gasteiger partial charge is 0.238 e. The first-order chi connectivity index (χ1) is 16.2. The zero-order valence-electron chi connectivity index (χ0n) is 19.3. The fourth-order valence-corrected chi connectivity index (χ4v) is 4.79. The van der Waals surface area contributed by atoms with Crippen LogP contribution in [-0.2, 0) is 16.6 Å². The summed E-state index contributed by atoms with van der Waals surface area (Å²) in [6.07, 6.45) is 4.26. The van der Waals surface area contributed by atoms with Crippen LogP contribution < -0.4 is 15.8 Å². The highest BCUT2D eigenvalue weighted by Crippen LogP contribution is 2.33. The second-order valence-electron chi connectivity index (χ2n) is 8.94. The van der Waals surface area contributed by atoms with Crippen LogP contribution in [0, 0.1) is 26.7 Å². The second kappa shape index (κ2) is 8.37. The maximum absolute atomic E-state index is 11.8. The highest BCUT2D eigenvalue weighted by Gasteiger charge is 2.23. The first-order valence-electron chi connectivity index (χ1n) is 11.2. The topological polar surface area (TPSA) is 128 Å². The Labute approximate surface area is 198 Å². The molecule has 2 aromatic carbocycles. The summed E-state index contributed by atoms with van der Waals surface area (Å²) < 4.78 is 25.8. The number of anilines is 4. The quantitative estimate of drug-likeness (QED) is 0.362. The van der Waals surface area contributed by atoms with Crippen LogP contribution >= 0.6 is 0 Å². The molecule has 0 spiro atoms. The first kappa shape index (κ1) is 22.3. The first-order valence-corrected chi connectivity index (χ1v) is 12.7. The van der Waals surface area contributed by atoms with Crippen molar-refractivity contribution < 1.29 is 8.42 Å². The van der Waals surface area contributed by atoms with Crippen molar-refractivity contribution in [1.29, 1.82) is 0 Å². The molecule has 1 saturated carbocycles. The molecule has 0 radical (unpaired) electrons. The summed E-state index contributed by atoms with van der Waals surface area (Å²) in [5, 5.41) is 17.7. The van der Waals surface area contributed by atoms with Gasteiger partial charge in [0.2, 0.25) is 16.0 Å². The highest BCUT2D eigenvalue weighted by atomic mass is 32.2. The number of aryl methyl sites for hydroxylation is 3. The SMILES string of the molecule is Cc1ccc(Nc2ncc(C)c(Nc3ccc4c(C)nn(CC5CC5)c4c3)n2)cc1S(N)(=O)=O. The van der Waals surface area contributed by atoms with Gasteiger partial charge in [-0.3, -0.25) is 4.68 Å². The predicted molar refractivity (Wildman–Crippen MR) is 133 cm³/mol. The molecule has 0 unspecified atom stereocenters. The van der Waals surface area contributed by atoms with Crippen LogP contribution in [0.1, 0.15) is 29.7 Å². The fraction of sp³-hybridized carbons (Fsp3) is 0.292. The Morgan fingerprint density at radius 2 is 1.76 bits per heavy atom. The number of nitrogens with two attached hydrogens (primary N) is 1. The number of nitrogens with zero attached hydrogens (tertiary/aromatic N) is 4. The van der Waals surface area contributed by atoms with E-state index in [9.17, 15) is 8.42 Å². The Balaban J connectivity index is 1.42. The number of sulfonamides is 1. The lowest BCUT2D eigenvalue weighted by molar-refractivity contribution is 0.576. The zero-order chi connectivity index (χ0) is 24.0. The van der Waals surface area contributed by atoms with E-state index in [1.54, 1.807) is 25.3 Å². The fourth-order valence-electron chi connectivity index (χ4n) is 3.98. The van der Waals surface area contributed by atoms with Crippen molar-refractivity contribution in [2.45, 2.75) is 45.1 Å². The molecule has 9 nitrogen and oxygen atoms in total. The van der Waals surface area contributed by atoms with Gasteiger partial charge in [-0.1, -0.05) is 6.07 Å². The lowest BCUT2D eigenvalue weighted by atomic mass is 10.2. The third-order valence-corrected chi connectivity index (χ3v) is 7.10. The van der Waals surface area contributed by atoms with Gasteiger partial charge in [-0.2, -0.15) is 10.1 Å². The van der Waals surface area contributed by atoms with Crippen LogP contribution in [0.5, 0.6) is 0 Å². The van der Waals surface area contributed by atoms with Crippen LogP contribution in [0.2, 0.25) is 0 Å². The summed E-state index contributed by atoms with van der Waals surface area (Å²) >= 11 is 0. The molecule has 34 heavy (non-hydrogen) atoms. The van der Waals surface area contributed by atoms with Crippen LogP contribution in [0.3, 0.4) is 0 Å². The summed E-state index contributed by atoms with van der Waals surface area (Å²) in [4.78, 5) is 9.01. The van der Waals surface area contributed by atoms with Gasteiger partial charge in [0.05, 0.1) is 16.1 Å². The van der Waals surface area contributed by atoms with Crippen LogP contribution in [0.25, 0.3) is 10.9 Å². The molecular formula is C24H27N7O2S. The van der Waals surface area contributed by atoms with Gasteiger partial charge in [0.25, 0.3) is 0 Å². The van der Waals surface area contributed by atoms with Gasteiger partial charge < -0.3 is 10.6 Å². The van der Waals surface area contributed by atoms with E-state index in [1.165, 1.54) is 18.9 Å². The van der Waals surface area contributed by atoms with Crippen LogP contribution in [0.15, 0.2) is 47.5 Å². The zero-order valence-corrected chi connectivity index (χ0v) is 20.1. The van der Waals surface area contributed by atoms with Gasteiger partial charge in [-0.15, -0.1) is 0 Å². The van der Waals surface area contributed by atoms with Gasteiger partial charge >= 0.3 is 0 Å². The number of aromatic nitrogens is 4. The van der Waals surface area contributed by atoms with Crippen LogP contribution in [-0.4, -0.2) is 28.2 Å². The Morgan fingerprint density at radius 3 is 2.50 bits per heavy atom. The van der Waals surface area contributed by atoms with Crippen molar-refractivity contribution in [3.8, 4) is 0 Å². The number of hydrogen-bond acceptors (Lipinski definition) is 7. The van der Waals surface area contributed by atoms with E-state index in [-0.39, 0.29) is 4.90 Å². The third-order valence-electron chi connectivity index (χ3n) is 6.05. The molecule has 1 aliphatic rings. The number of rotatable bonds is 7. The van der Waals surface area contributed by atoms with E-state index in [0.717, 1.165) is 40.3 Å². The molecule has 4 N–H and O–H groups in total. The molecule has 5 rings (SSSR count). The molecule has 0 aliphatic heterocycles. The van der Waals surface area contributed by atoms with Crippen molar-refractivity contribution in [3.63, 3.8) is 0 Å². The van der Waals surface area contributed by atoms with E-state index < -0.39 is 10.0 Å². The van der Waals surface area contributed by atoms with Crippen molar-refractivity contribution >= 4 is 44.1 Å². The number of primary sulfonamides is 1. The molecule has 0 amide bonds. The summed E-state index contributed by atoms with van der Waals surface area (Å²) in [6, 6.07) is 11.1. The second-order valence-corrected chi connectivity index (χ2v) is 10.5. The summed E-state index contributed by atoms with van der Waals surface area (Å²) in [5.74, 6) is 1.72. The molecule has 1 fully saturated rings. The minimum absolute atomic E-state index is 0.0642. The number of benzene rings is 2. The Hall–Kier alpha value is -3.50. The normalized spacial score (nSPS) is 13.9.